The van der Waals surface area contributed by atoms with Crippen LogP contribution in [0.25, 0.3) is 41.0 Å². The van der Waals surface area contributed by atoms with Gasteiger partial charge in [-0.3, -0.25) is 0 Å². The number of aromatic nitrogens is 2. The third-order valence-electron chi connectivity index (χ3n) is 6.54. The third kappa shape index (κ3) is 3.75. The molecule has 5 heterocycles. The van der Waals surface area contributed by atoms with Gasteiger partial charge in [0.2, 0.25) is 0 Å². The minimum absolute atomic E-state index is 0.615. The fraction of sp³-hybridized carbons (Fsp3) is 0.308. The average molecular weight is 507 g/mol. The Morgan fingerprint density at radius 3 is 1.45 bits per heavy atom. The van der Waals surface area contributed by atoms with Crippen LogP contribution in [0.3, 0.4) is 0 Å². The summed E-state index contributed by atoms with van der Waals surface area (Å²) in [7, 11) is 0. The van der Waals surface area contributed by atoms with Gasteiger partial charge in [0.05, 0.1) is 9.75 Å². The summed E-state index contributed by atoms with van der Waals surface area (Å²) in [5.41, 5.74) is 3.10. The number of hydrogen-bond acceptors (Lipinski definition) is 7. The number of nitrogens with zero attached hydrogens (tertiary/aromatic N) is 2. The van der Waals surface area contributed by atoms with Crippen molar-refractivity contribution in [3.05, 3.63) is 57.3 Å². The summed E-state index contributed by atoms with van der Waals surface area (Å²) in [6.45, 7) is 0. The van der Waals surface area contributed by atoms with E-state index in [0.29, 0.717) is 11.8 Å². The van der Waals surface area contributed by atoms with Gasteiger partial charge in [-0.25, -0.2) is 0 Å². The first-order chi connectivity index (χ1) is 16.3. The van der Waals surface area contributed by atoms with Crippen molar-refractivity contribution in [2.75, 3.05) is 0 Å². The lowest BCUT2D eigenvalue weighted by Crippen LogP contribution is -1.96. The molecule has 0 aromatic carbocycles. The molecule has 7 rings (SSSR count). The fourth-order valence-corrected chi connectivity index (χ4v) is 9.34. The normalized spacial score (nSPS) is 15.5. The van der Waals surface area contributed by atoms with Gasteiger partial charge in [0.25, 0.3) is 11.8 Å². The molecule has 0 aliphatic heterocycles. The van der Waals surface area contributed by atoms with E-state index in [1.54, 1.807) is 43.6 Å². The minimum atomic E-state index is 0.615. The zero-order valence-electron chi connectivity index (χ0n) is 18.1. The Balaban J connectivity index is 1.14. The van der Waals surface area contributed by atoms with Crippen molar-refractivity contribution < 1.29 is 4.42 Å². The van der Waals surface area contributed by atoms with E-state index in [4.69, 9.17) is 4.42 Å². The van der Waals surface area contributed by atoms with Gasteiger partial charge in [-0.2, -0.15) is 0 Å². The van der Waals surface area contributed by atoms with Gasteiger partial charge in [0.1, 0.15) is 0 Å². The second-order valence-electron chi connectivity index (χ2n) is 8.77. The van der Waals surface area contributed by atoms with Crippen molar-refractivity contribution in [2.24, 2.45) is 0 Å². The van der Waals surface area contributed by atoms with Crippen molar-refractivity contribution in [3.8, 4) is 41.0 Å². The summed E-state index contributed by atoms with van der Waals surface area (Å²) in [5, 5.41) is 8.75. The molecule has 0 radical (unpaired) electrons. The van der Waals surface area contributed by atoms with E-state index in [2.05, 4.69) is 46.6 Å². The Bertz CT molecular complexity index is 1290. The van der Waals surface area contributed by atoms with Crippen molar-refractivity contribution in [3.63, 3.8) is 0 Å². The third-order valence-corrected chi connectivity index (χ3v) is 11.5. The molecule has 0 amide bonds. The summed E-state index contributed by atoms with van der Waals surface area (Å²) in [4.78, 5) is 10.6. The lowest BCUT2D eigenvalue weighted by Gasteiger charge is -2.08. The number of hydrogen-bond donors (Lipinski definition) is 0. The zero-order chi connectivity index (χ0) is 21.8. The first kappa shape index (κ1) is 20.3. The largest absolute Gasteiger partial charge is 0.414 e. The van der Waals surface area contributed by atoms with Crippen LogP contribution in [-0.4, -0.2) is 10.2 Å². The van der Waals surface area contributed by atoms with Gasteiger partial charge in [-0.1, -0.05) is 0 Å². The maximum atomic E-state index is 6.12. The van der Waals surface area contributed by atoms with Gasteiger partial charge in [0, 0.05) is 29.3 Å². The highest BCUT2D eigenvalue weighted by molar-refractivity contribution is 7.24. The standard InChI is InChI=1S/C26H22N2OS4/c1-3-7-17-15(5-1)13-23(30-17)19-9-11-21(32-19)25-27-28-26(29-25)22-12-10-20(33-22)24-14-16-6-2-4-8-18(16)31-24/h9-14H,1-8H2. The summed E-state index contributed by atoms with van der Waals surface area (Å²) in [6.07, 6.45) is 10.2. The maximum absolute atomic E-state index is 6.12. The molecule has 5 aromatic rings. The zero-order valence-corrected chi connectivity index (χ0v) is 21.3. The second kappa shape index (κ2) is 8.31. The summed E-state index contributed by atoms with van der Waals surface area (Å²) < 4.78 is 6.12. The van der Waals surface area contributed by atoms with Gasteiger partial charge in [-0.05, 0) is 98.9 Å². The second-order valence-corrected chi connectivity index (χ2v) is 13.2. The fourth-order valence-electron chi connectivity index (χ4n) is 4.82. The van der Waals surface area contributed by atoms with Crippen molar-refractivity contribution in [1.82, 2.24) is 10.2 Å². The summed E-state index contributed by atoms with van der Waals surface area (Å²) >= 11 is 7.41. The molecule has 0 spiro atoms. The SMILES string of the molecule is c1cc(-c2cc3c(s2)CCCC3)sc1-c1nnc(-c2ccc(-c3cc4c(s3)CCCC4)s2)o1. The Kier molecular flexibility index (Phi) is 5.12. The Hall–Kier alpha value is -2.06. The first-order valence-electron chi connectivity index (χ1n) is 11.6. The maximum Gasteiger partial charge on any atom is 0.258 e. The molecule has 2 aliphatic carbocycles. The lowest BCUT2D eigenvalue weighted by atomic mass is 9.99. The predicted molar refractivity (Wildman–Crippen MR) is 141 cm³/mol. The molecule has 0 N–H and O–H groups in total. The van der Waals surface area contributed by atoms with Gasteiger partial charge in [0.15, 0.2) is 0 Å². The van der Waals surface area contributed by atoms with E-state index < -0.39 is 0 Å². The Morgan fingerprint density at radius 1 is 0.515 bits per heavy atom. The monoisotopic (exact) mass is 506 g/mol. The molecule has 7 heteroatoms. The van der Waals surface area contributed by atoms with Crippen molar-refractivity contribution >= 4 is 45.3 Å². The number of thiophene rings is 4. The van der Waals surface area contributed by atoms with Crippen LogP contribution >= 0.6 is 45.3 Å². The van der Waals surface area contributed by atoms with Crippen LogP contribution in [-0.2, 0) is 25.7 Å². The lowest BCUT2D eigenvalue weighted by molar-refractivity contribution is 0.587. The molecule has 0 bridgehead atoms. The summed E-state index contributed by atoms with van der Waals surface area (Å²) in [5.74, 6) is 1.23. The molecule has 0 fully saturated rings. The number of fused-ring (bicyclic) bond motifs is 2. The molecule has 3 nitrogen and oxygen atoms in total. The average Bonchev–Trinajstić information content (AvgIpc) is 3.66. The van der Waals surface area contributed by atoms with Gasteiger partial charge in [-0.15, -0.1) is 55.5 Å². The highest BCUT2D eigenvalue weighted by Gasteiger charge is 2.19. The molecule has 33 heavy (non-hydrogen) atoms. The van der Waals surface area contributed by atoms with Gasteiger partial charge >= 0.3 is 0 Å². The smallest absolute Gasteiger partial charge is 0.258 e. The minimum Gasteiger partial charge on any atom is -0.414 e. The quantitative estimate of drug-likeness (QED) is 0.245. The first-order valence-corrected chi connectivity index (χ1v) is 14.8. The highest BCUT2D eigenvalue weighted by Crippen LogP contribution is 2.43. The topological polar surface area (TPSA) is 38.9 Å². The number of aryl methyl sites for hydroxylation is 4. The van der Waals surface area contributed by atoms with E-state index in [-0.39, 0.29) is 0 Å². The molecule has 0 unspecified atom stereocenters. The van der Waals surface area contributed by atoms with Crippen LogP contribution in [0.15, 0.2) is 40.8 Å². The van der Waals surface area contributed by atoms with E-state index in [1.807, 2.05) is 22.7 Å². The molecule has 0 saturated heterocycles. The highest BCUT2D eigenvalue weighted by atomic mass is 32.1. The number of rotatable bonds is 4. The molecule has 166 valence electrons. The molecule has 0 atom stereocenters. The Labute approximate surface area is 208 Å². The van der Waals surface area contributed by atoms with Crippen molar-refractivity contribution in [1.29, 1.82) is 0 Å². The molecular formula is C26H22N2OS4. The van der Waals surface area contributed by atoms with E-state index in [9.17, 15) is 0 Å². The van der Waals surface area contributed by atoms with E-state index in [0.717, 1.165) is 9.75 Å². The van der Waals surface area contributed by atoms with Crippen LogP contribution < -0.4 is 0 Å². The molecule has 2 aliphatic rings. The van der Waals surface area contributed by atoms with Crippen molar-refractivity contribution in [2.45, 2.75) is 51.4 Å². The predicted octanol–water partition coefficient (Wildman–Crippen LogP) is 8.74. The molecular weight excluding hydrogens is 485 g/mol. The van der Waals surface area contributed by atoms with Gasteiger partial charge < -0.3 is 4.42 Å². The van der Waals surface area contributed by atoms with Crippen LogP contribution in [0.2, 0.25) is 0 Å². The van der Waals surface area contributed by atoms with E-state index >= 15 is 0 Å². The molecule has 0 saturated carbocycles. The van der Waals surface area contributed by atoms with Crippen LogP contribution in [0.5, 0.6) is 0 Å². The van der Waals surface area contributed by atoms with Crippen LogP contribution in [0, 0.1) is 0 Å². The van der Waals surface area contributed by atoms with E-state index in [1.165, 1.54) is 70.9 Å². The molecule has 5 aromatic heterocycles. The summed E-state index contributed by atoms with van der Waals surface area (Å²) in [6, 6.07) is 13.4. The van der Waals surface area contributed by atoms with Crippen LogP contribution in [0.1, 0.15) is 46.6 Å². The Morgan fingerprint density at radius 2 is 0.970 bits per heavy atom. The van der Waals surface area contributed by atoms with Crippen LogP contribution in [0.4, 0.5) is 0 Å².